The van der Waals surface area contributed by atoms with E-state index >= 15 is 0 Å². The summed E-state index contributed by atoms with van der Waals surface area (Å²) in [6.07, 6.45) is 0.253. The maximum absolute atomic E-state index is 13.7. The maximum Gasteiger partial charge on any atom is 0.237 e. The van der Waals surface area contributed by atoms with Crippen molar-refractivity contribution in [3.8, 4) is 6.07 Å². The number of hydrogen-bond donors (Lipinski definition) is 0. The van der Waals surface area contributed by atoms with Gasteiger partial charge in [0.2, 0.25) is 5.91 Å². The fraction of sp³-hybridized carbons (Fsp3) is 0.263. The van der Waals surface area contributed by atoms with E-state index in [0.29, 0.717) is 11.4 Å². The zero-order chi connectivity index (χ0) is 17.5. The van der Waals surface area contributed by atoms with E-state index in [1.165, 1.54) is 17.8 Å². The average molecular weight is 342 g/mol. The third-order valence-electron chi connectivity index (χ3n) is 3.45. The van der Waals surface area contributed by atoms with Crippen molar-refractivity contribution in [3.05, 3.63) is 59.4 Å². The molecule has 1 amide bonds. The van der Waals surface area contributed by atoms with E-state index in [2.05, 4.69) is 6.07 Å². The summed E-state index contributed by atoms with van der Waals surface area (Å²) in [6, 6.07) is 14.4. The molecule has 0 aromatic heterocycles. The van der Waals surface area contributed by atoms with Crippen LogP contribution in [0.5, 0.6) is 0 Å². The lowest BCUT2D eigenvalue weighted by molar-refractivity contribution is -0.116. The topological polar surface area (TPSA) is 44.1 Å². The van der Waals surface area contributed by atoms with Crippen LogP contribution in [0.2, 0.25) is 0 Å². The number of amides is 1. The summed E-state index contributed by atoms with van der Waals surface area (Å²) >= 11 is 1.17. The van der Waals surface area contributed by atoms with Crippen molar-refractivity contribution in [2.45, 2.75) is 25.2 Å². The normalized spacial score (nSPS) is 10.2. The lowest BCUT2D eigenvalue weighted by Crippen LogP contribution is -2.33. The molecule has 3 nitrogen and oxygen atoms in total. The molecule has 24 heavy (non-hydrogen) atoms. The van der Waals surface area contributed by atoms with Crippen LogP contribution in [0.3, 0.4) is 0 Å². The number of aryl methyl sites for hydroxylation is 2. The summed E-state index contributed by atoms with van der Waals surface area (Å²) in [7, 11) is 0. The average Bonchev–Trinajstić information content (AvgIpc) is 2.53. The number of halogens is 1. The lowest BCUT2D eigenvalue weighted by atomic mass is 10.1. The minimum atomic E-state index is -0.328. The van der Waals surface area contributed by atoms with E-state index in [1.807, 2.05) is 32.0 Å². The van der Waals surface area contributed by atoms with Crippen LogP contribution in [0.15, 0.2) is 47.4 Å². The number of carbonyl (C=O) groups is 1. The van der Waals surface area contributed by atoms with Crippen molar-refractivity contribution in [2.24, 2.45) is 0 Å². The molecule has 0 saturated carbocycles. The van der Waals surface area contributed by atoms with Gasteiger partial charge in [-0.15, -0.1) is 11.8 Å². The number of rotatable bonds is 6. The van der Waals surface area contributed by atoms with Crippen molar-refractivity contribution in [3.63, 3.8) is 0 Å². The Morgan fingerprint density at radius 3 is 2.50 bits per heavy atom. The van der Waals surface area contributed by atoms with Crippen LogP contribution in [0.25, 0.3) is 0 Å². The molecule has 0 spiro atoms. The number of nitriles is 1. The standard InChI is InChI=1S/C19H19FN2OS/c1-14-10-15(2)12-16(11-14)22(9-5-8-21)19(23)13-24-18-7-4-3-6-17(18)20/h3-4,6-7,10-12H,5,9,13H2,1-2H3. The van der Waals surface area contributed by atoms with Gasteiger partial charge >= 0.3 is 0 Å². The van der Waals surface area contributed by atoms with E-state index in [1.54, 1.807) is 23.1 Å². The first-order chi connectivity index (χ1) is 11.5. The van der Waals surface area contributed by atoms with E-state index in [0.717, 1.165) is 16.8 Å². The summed E-state index contributed by atoms with van der Waals surface area (Å²) < 4.78 is 13.7. The predicted molar refractivity (Wildman–Crippen MR) is 95.6 cm³/mol. The molecule has 2 aromatic carbocycles. The van der Waals surface area contributed by atoms with Gasteiger partial charge in [-0.3, -0.25) is 4.79 Å². The molecule has 0 fully saturated rings. The molecule has 0 heterocycles. The number of carbonyl (C=O) groups excluding carboxylic acids is 1. The molecule has 0 bridgehead atoms. The zero-order valence-corrected chi connectivity index (χ0v) is 14.6. The van der Waals surface area contributed by atoms with Gasteiger partial charge in [0.25, 0.3) is 0 Å². The first-order valence-corrected chi connectivity index (χ1v) is 8.63. The molecule has 0 radical (unpaired) electrons. The van der Waals surface area contributed by atoms with Crippen LogP contribution in [0, 0.1) is 31.0 Å². The molecule has 5 heteroatoms. The van der Waals surface area contributed by atoms with Gasteiger partial charge < -0.3 is 4.90 Å². The summed E-state index contributed by atoms with van der Waals surface area (Å²) in [5, 5.41) is 8.85. The maximum atomic E-state index is 13.7. The van der Waals surface area contributed by atoms with Gasteiger partial charge in [-0.2, -0.15) is 5.26 Å². The Morgan fingerprint density at radius 2 is 1.88 bits per heavy atom. The molecule has 2 aromatic rings. The SMILES string of the molecule is Cc1cc(C)cc(N(CCC#N)C(=O)CSc2ccccc2F)c1. The van der Waals surface area contributed by atoms with Gasteiger partial charge in [-0.25, -0.2) is 4.39 Å². The molecule has 0 aliphatic carbocycles. The lowest BCUT2D eigenvalue weighted by Gasteiger charge is -2.22. The third-order valence-corrected chi connectivity index (χ3v) is 4.49. The van der Waals surface area contributed by atoms with Gasteiger partial charge in [0.15, 0.2) is 0 Å². The second-order valence-electron chi connectivity index (χ2n) is 5.52. The number of anilines is 1. The Kier molecular flexibility index (Phi) is 6.39. The fourth-order valence-corrected chi connectivity index (χ4v) is 3.26. The Bertz CT molecular complexity index is 750. The molecular formula is C19H19FN2OS. The highest BCUT2D eigenvalue weighted by Gasteiger charge is 2.17. The van der Waals surface area contributed by atoms with Crippen LogP contribution < -0.4 is 4.90 Å². The van der Waals surface area contributed by atoms with Gasteiger partial charge in [0.1, 0.15) is 5.82 Å². The van der Waals surface area contributed by atoms with Gasteiger partial charge in [0.05, 0.1) is 18.2 Å². The molecule has 0 aliphatic heterocycles. The quantitative estimate of drug-likeness (QED) is 0.727. The van der Waals surface area contributed by atoms with Crippen LogP contribution in [0.1, 0.15) is 17.5 Å². The van der Waals surface area contributed by atoms with Crippen LogP contribution in [0.4, 0.5) is 10.1 Å². The number of hydrogen-bond acceptors (Lipinski definition) is 3. The third kappa shape index (κ3) is 4.84. The van der Waals surface area contributed by atoms with Gasteiger partial charge in [-0.1, -0.05) is 18.2 Å². The van der Waals surface area contributed by atoms with Crippen LogP contribution in [-0.4, -0.2) is 18.2 Å². The molecule has 124 valence electrons. The molecule has 0 aliphatic rings. The molecule has 2 rings (SSSR count). The number of benzene rings is 2. The Hall–Kier alpha value is -2.32. The summed E-state index contributed by atoms with van der Waals surface area (Å²) in [6.45, 7) is 4.27. The van der Waals surface area contributed by atoms with E-state index in [-0.39, 0.29) is 23.9 Å². The minimum absolute atomic E-state index is 0.124. The van der Waals surface area contributed by atoms with Crippen molar-refractivity contribution in [1.29, 1.82) is 5.26 Å². The summed E-state index contributed by atoms with van der Waals surface area (Å²) in [4.78, 5) is 14.7. The fourth-order valence-electron chi connectivity index (χ4n) is 2.45. The number of nitrogens with zero attached hydrogens (tertiary/aromatic N) is 2. The highest BCUT2D eigenvalue weighted by Crippen LogP contribution is 2.24. The first kappa shape index (κ1) is 18.0. The Morgan fingerprint density at radius 1 is 1.21 bits per heavy atom. The summed E-state index contributed by atoms with van der Waals surface area (Å²) in [5.41, 5.74) is 2.89. The van der Waals surface area contributed by atoms with Crippen LogP contribution >= 0.6 is 11.8 Å². The molecule has 0 unspecified atom stereocenters. The van der Waals surface area contributed by atoms with Crippen molar-refractivity contribution in [2.75, 3.05) is 17.2 Å². The zero-order valence-electron chi connectivity index (χ0n) is 13.8. The largest absolute Gasteiger partial charge is 0.311 e. The molecule has 0 saturated heterocycles. The Balaban J connectivity index is 2.16. The highest BCUT2D eigenvalue weighted by atomic mass is 32.2. The minimum Gasteiger partial charge on any atom is -0.311 e. The number of thioether (sulfide) groups is 1. The molecule has 0 atom stereocenters. The summed E-state index contributed by atoms with van der Waals surface area (Å²) in [5.74, 6) is -0.340. The smallest absolute Gasteiger partial charge is 0.237 e. The monoisotopic (exact) mass is 342 g/mol. The van der Waals surface area contributed by atoms with Crippen molar-refractivity contribution >= 4 is 23.4 Å². The van der Waals surface area contributed by atoms with E-state index in [9.17, 15) is 9.18 Å². The van der Waals surface area contributed by atoms with Crippen molar-refractivity contribution in [1.82, 2.24) is 0 Å². The highest BCUT2D eigenvalue weighted by molar-refractivity contribution is 8.00. The predicted octanol–water partition coefficient (Wildman–Crippen LogP) is 4.48. The van der Waals surface area contributed by atoms with Gasteiger partial charge in [0, 0.05) is 17.1 Å². The molecular weight excluding hydrogens is 323 g/mol. The van der Waals surface area contributed by atoms with Crippen molar-refractivity contribution < 1.29 is 9.18 Å². The first-order valence-electron chi connectivity index (χ1n) is 7.64. The van der Waals surface area contributed by atoms with Gasteiger partial charge in [-0.05, 0) is 49.2 Å². The van der Waals surface area contributed by atoms with Crippen LogP contribution in [-0.2, 0) is 4.79 Å². The van der Waals surface area contributed by atoms with E-state index < -0.39 is 0 Å². The van der Waals surface area contributed by atoms with E-state index in [4.69, 9.17) is 5.26 Å². The second kappa shape index (κ2) is 8.51. The Labute approximate surface area is 146 Å². The second-order valence-corrected chi connectivity index (χ2v) is 6.54. The molecule has 0 N–H and O–H groups in total.